The summed E-state index contributed by atoms with van der Waals surface area (Å²) in [5, 5.41) is 0. The fourth-order valence-electron chi connectivity index (χ4n) is 14.8. The van der Waals surface area contributed by atoms with E-state index < -0.39 is 56.5 Å². The van der Waals surface area contributed by atoms with Gasteiger partial charge in [0.15, 0.2) is 0 Å². The van der Waals surface area contributed by atoms with Crippen LogP contribution in [-0.2, 0) is 23.2 Å². The van der Waals surface area contributed by atoms with Gasteiger partial charge < -0.3 is 0 Å². The van der Waals surface area contributed by atoms with Crippen LogP contribution in [0.4, 0.5) is 0 Å². The van der Waals surface area contributed by atoms with Gasteiger partial charge in [0, 0.05) is 0 Å². The van der Waals surface area contributed by atoms with Crippen LogP contribution in [-0.4, -0.2) is 33.3 Å². The van der Waals surface area contributed by atoms with Crippen molar-refractivity contribution in [2.24, 2.45) is 0 Å². The van der Waals surface area contributed by atoms with Crippen LogP contribution in [0.2, 0.25) is 66.5 Å². The first-order valence-corrected chi connectivity index (χ1v) is 37.8. The molecular weight excluding hydrogens is 940 g/mol. The first-order chi connectivity index (χ1) is 30.1. The molecule has 3 aliphatic rings. The molecule has 0 spiro atoms. The molecule has 65 heavy (non-hydrogen) atoms. The summed E-state index contributed by atoms with van der Waals surface area (Å²) in [5.74, 6) is 4.54. The van der Waals surface area contributed by atoms with Crippen LogP contribution in [0, 0.1) is 0 Å². The van der Waals surface area contributed by atoms with Crippen molar-refractivity contribution in [1.82, 2.24) is 0 Å². The summed E-state index contributed by atoms with van der Waals surface area (Å²) < 4.78 is 32.0. The van der Waals surface area contributed by atoms with Crippen LogP contribution < -0.4 is 17.7 Å². The molecule has 2 unspecified atom stereocenters. The topological polar surface area (TPSA) is 36.9 Å². The minimum absolute atomic E-state index is 0.399. The van der Waals surface area contributed by atoms with Crippen molar-refractivity contribution >= 4 is 45.4 Å². The number of hydrogen-bond acceptors (Lipinski definition) is 4. The number of rotatable bonds is 20. The zero-order valence-electron chi connectivity index (χ0n) is 46.1. The van der Waals surface area contributed by atoms with E-state index in [1.807, 2.05) is 0 Å². The third kappa shape index (κ3) is 9.35. The molecule has 9 heteroatoms. The second-order valence-electron chi connectivity index (χ2n) is 24.4. The van der Waals surface area contributed by atoms with Crippen molar-refractivity contribution in [3.8, 4) is 23.0 Å². The fourth-order valence-corrected chi connectivity index (χ4v) is 41.1. The molecule has 1 saturated heterocycles. The molecule has 0 radical (unpaired) electrons. The van der Waals surface area contributed by atoms with Crippen molar-refractivity contribution in [1.29, 1.82) is 0 Å². The Kier molecular flexibility index (Phi) is 17.4. The van der Waals surface area contributed by atoms with Gasteiger partial charge in [0.1, 0.15) is 0 Å². The van der Waals surface area contributed by atoms with E-state index >= 15 is 0 Å². The predicted molar refractivity (Wildman–Crippen MR) is 290 cm³/mol. The number of benzene rings is 2. The van der Waals surface area contributed by atoms with Crippen LogP contribution in [0.25, 0.3) is 12.2 Å². The Morgan fingerprint density at radius 3 is 0.754 bits per heavy atom. The zero-order chi connectivity index (χ0) is 49.0. The van der Waals surface area contributed by atoms with E-state index in [0.717, 1.165) is 35.8 Å². The Bertz CT molecular complexity index is 1810. The summed E-state index contributed by atoms with van der Waals surface area (Å²) in [6, 6.07) is 9.44. The summed E-state index contributed by atoms with van der Waals surface area (Å²) in [7, 11) is -9.06. The molecule has 2 atom stereocenters. The molecule has 1 fully saturated rings. The van der Waals surface area contributed by atoms with E-state index in [4.69, 9.17) is 17.7 Å². The van der Waals surface area contributed by atoms with Crippen LogP contribution in [0.3, 0.4) is 0 Å². The van der Waals surface area contributed by atoms with Gasteiger partial charge in [-0.1, -0.05) is 0 Å². The number of fused-ring (bicyclic) bond motifs is 6. The van der Waals surface area contributed by atoms with Gasteiger partial charge >= 0.3 is 420 Å². The van der Waals surface area contributed by atoms with Gasteiger partial charge in [-0.25, -0.2) is 0 Å². The Labute approximate surface area is 416 Å². The molecule has 0 amide bonds. The van der Waals surface area contributed by atoms with Gasteiger partial charge in [-0.05, 0) is 0 Å². The summed E-state index contributed by atoms with van der Waals surface area (Å²) in [5.41, 5.74) is 14.7. The third-order valence-electron chi connectivity index (χ3n) is 17.4. The standard InChI is InChI=1S/C56H96O4Si4.Zr/c1-35(2)61(36(3)4,37(5)6)57-53-27-28-54(58-62(38(7)8,39(9)10)40(11)12)50-32-47(31-49(50)53)25-26-48-33-51-52(34-48)56(60-64(44(19)20,45(21)22)46(23)24)30-29-55(51)59-63(41(13)14,42(15)16)43(17)18;/h27-46H,25-26H2,1-24H3;. The normalized spacial score (nSPS) is 18.2. The van der Waals surface area contributed by atoms with E-state index in [0.29, 0.717) is 73.7 Å². The molecule has 1 heterocycles. The Morgan fingerprint density at radius 1 is 0.338 bits per heavy atom. The average molecular weight is 1040 g/mol. The van der Waals surface area contributed by atoms with Gasteiger partial charge in [0.2, 0.25) is 0 Å². The molecule has 364 valence electrons. The Morgan fingerprint density at radius 2 is 0.538 bits per heavy atom. The first kappa shape index (κ1) is 54.8. The Hall–Kier alpha value is -1.13. The molecule has 0 bridgehead atoms. The molecular formula is C56H96O4Si4Zr. The van der Waals surface area contributed by atoms with Gasteiger partial charge in [0.05, 0.1) is 0 Å². The summed E-state index contributed by atoms with van der Waals surface area (Å²) in [6.07, 6.45) is 7.40. The first-order valence-electron chi connectivity index (χ1n) is 26.4. The van der Waals surface area contributed by atoms with E-state index in [2.05, 4.69) is 203 Å². The number of hydrogen-bond donors (Lipinski definition) is 0. The second-order valence-corrected chi connectivity index (χ2v) is 49.6. The maximum atomic E-state index is 7.88. The van der Waals surface area contributed by atoms with E-state index in [1.54, 1.807) is 11.1 Å². The molecule has 5 rings (SSSR count). The maximum absolute atomic E-state index is 7.88. The predicted octanol–water partition coefficient (Wildman–Crippen LogP) is 19.4. The van der Waals surface area contributed by atoms with E-state index in [9.17, 15) is 0 Å². The SMILES string of the molecule is CC(C)[Si](Oc1ccc(O[Si](C(C)C)(C(C)C)C(C)C)c2c1C=C1CCC3=Cc4c(O[Si](C(C)C)(C(C)C)C(C)C)ccc(O[Si](C(C)C)(C(C)C)C(C)C)c4[CH]3[Zr][CH]12)(C(C)C)C(C)C. The molecule has 1 aliphatic heterocycles. The molecule has 2 aromatic carbocycles. The van der Waals surface area contributed by atoms with Crippen molar-refractivity contribution < 1.29 is 40.9 Å². The zero-order valence-corrected chi connectivity index (χ0v) is 52.6. The molecule has 0 aromatic heterocycles. The van der Waals surface area contributed by atoms with Crippen LogP contribution in [0.1, 0.15) is 209 Å². The summed E-state index contributed by atoms with van der Waals surface area (Å²) in [6.45, 7) is 58.2. The summed E-state index contributed by atoms with van der Waals surface area (Å²) >= 11 is -1.34. The van der Waals surface area contributed by atoms with Crippen LogP contribution in [0.15, 0.2) is 35.4 Å². The monoisotopic (exact) mass is 1030 g/mol. The van der Waals surface area contributed by atoms with Gasteiger partial charge in [-0.15, -0.1) is 0 Å². The van der Waals surface area contributed by atoms with Gasteiger partial charge in [-0.2, -0.15) is 0 Å². The van der Waals surface area contributed by atoms with Crippen molar-refractivity contribution in [2.75, 3.05) is 0 Å². The fraction of sp³-hybridized carbons (Fsp3) is 0.714. The van der Waals surface area contributed by atoms with Crippen LogP contribution in [0.5, 0.6) is 23.0 Å². The second kappa shape index (κ2) is 20.7. The van der Waals surface area contributed by atoms with Crippen molar-refractivity contribution in [3.05, 3.63) is 57.7 Å². The molecule has 2 aromatic rings. The number of allylic oxidation sites excluding steroid dienone is 2. The average Bonchev–Trinajstić information content (AvgIpc) is 3.69. The quantitative estimate of drug-likeness (QED) is 0.124. The Balaban J connectivity index is 1.80. The molecule has 4 nitrogen and oxygen atoms in total. The van der Waals surface area contributed by atoms with E-state index in [1.165, 1.54) is 22.3 Å². The van der Waals surface area contributed by atoms with Crippen molar-refractivity contribution in [2.45, 2.75) is 253 Å². The van der Waals surface area contributed by atoms with E-state index in [-0.39, 0.29) is 0 Å². The van der Waals surface area contributed by atoms with Crippen LogP contribution >= 0.6 is 0 Å². The third-order valence-corrected chi connectivity index (χ3v) is 46.2. The van der Waals surface area contributed by atoms with Gasteiger partial charge in [-0.3, -0.25) is 0 Å². The molecule has 2 aliphatic carbocycles. The minimum atomic E-state index is -2.28. The molecule has 0 N–H and O–H groups in total. The summed E-state index contributed by atoms with van der Waals surface area (Å²) in [4.78, 5) is 0. The molecule has 0 saturated carbocycles. The van der Waals surface area contributed by atoms with Gasteiger partial charge in [0.25, 0.3) is 0 Å². The van der Waals surface area contributed by atoms with Crippen molar-refractivity contribution in [3.63, 3.8) is 0 Å².